The standard InChI is InChI=1S/C19H19F2NO4/c1-11-8-16(12(2)22(11)14-6-7-14)17(23)10-25-18(24)13-4-3-5-15(9-13)26-19(20)21/h3-5,8-9,14,19H,6-7,10H2,1-2H3. The number of aryl methyl sites for hydroxylation is 1. The lowest BCUT2D eigenvalue weighted by Gasteiger charge is -2.08. The Morgan fingerprint density at radius 3 is 2.62 bits per heavy atom. The van der Waals surface area contributed by atoms with Crippen LogP contribution in [0, 0.1) is 13.8 Å². The zero-order valence-corrected chi connectivity index (χ0v) is 14.5. The summed E-state index contributed by atoms with van der Waals surface area (Å²) in [5, 5.41) is 0. The fraction of sp³-hybridized carbons (Fsp3) is 0.368. The number of ether oxygens (including phenoxy) is 2. The van der Waals surface area contributed by atoms with Crippen LogP contribution in [0.1, 0.15) is 51.0 Å². The van der Waals surface area contributed by atoms with Crippen molar-refractivity contribution in [2.75, 3.05) is 6.61 Å². The normalized spacial score (nSPS) is 13.7. The predicted molar refractivity (Wildman–Crippen MR) is 89.9 cm³/mol. The second-order valence-corrected chi connectivity index (χ2v) is 6.29. The van der Waals surface area contributed by atoms with E-state index in [1.54, 1.807) is 6.07 Å². The zero-order valence-electron chi connectivity index (χ0n) is 14.5. The number of ketones is 1. The van der Waals surface area contributed by atoms with E-state index in [0.29, 0.717) is 11.6 Å². The first kappa shape index (κ1) is 18.1. The van der Waals surface area contributed by atoms with Crippen LogP contribution in [0.15, 0.2) is 30.3 Å². The molecule has 1 aromatic carbocycles. The summed E-state index contributed by atoms with van der Waals surface area (Å²) in [4.78, 5) is 24.5. The maximum Gasteiger partial charge on any atom is 0.387 e. The van der Waals surface area contributed by atoms with Crippen molar-refractivity contribution < 1.29 is 27.8 Å². The molecular formula is C19H19F2NO4. The van der Waals surface area contributed by atoms with Gasteiger partial charge in [-0.15, -0.1) is 0 Å². The third-order valence-electron chi connectivity index (χ3n) is 4.33. The molecule has 0 bridgehead atoms. The molecule has 0 N–H and O–H groups in total. The lowest BCUT2D eigenvalue weighted by atomic mass is 10.1. The molecule has 26 heavy (non-hydrogen) atoms. The van der Waals surface area contributed by atoms with Crippen LogP contribution in [0.2, 0.25) is 0 Å². The highest BCUT2D eigenvalue weighted by Gasteiger charge is 2.28. The number of aromatic nitrogens is 1. The van der Waals surface area contributed by atoms with E-state index in [0.717, 1.165) is 30.3 Å². The van der Waals surface area contributed by atoms with E-state index in [4.69, 9.17) is 4.74 Å². The first-order valence-corrected chi connectivity index (χ1v) is 8.30. The van der Waals surface area contributed by atoms with Crippen molar-refractivity contribution in [2.45, 2.75) is 39.3 Å². The van der Waals surface area contributed by atoms with Crippen LogP contribution in [0.5, 0.6) is 5.75 Å². The average Bonchev–Trinajstić information content (AvgIpc) is 3.37. The SMILES string of the molecule is Cc1cc(C(=O)COC(=O)c2cccc(OC(F)F)c2)c(C)n1C1CC1. The van der Waals surface area contributed by atoms with Crippen LogP contribution >= 0.6 is 0 Å². The summed E-state index contributed by atoms with van der Waals surface area (Å²) in [7, 11) is 0. The van der Waals surface area contributed by atoms with E-state index in [1.807, 2.05) is 13.8 Å². The second-order valence-electron chi connectivity index (χ2n) is 6.29. The molecule has 0 spiro atoms. The van der Waals surface area contributed by atoms with Crippen molar-refractivity contribution >= 4 is 11.8 Å². The van der Waals surface area contributed by atoms with Crippen molar-refractivity contribution in [1.82, 2.24) is 4.57 Å². The first-order valence-electron chi connectivity index (χ1n) is 8.30. The Morgan fingerprint density at radius 2 is 1.96 bits per heavy atom. The summed E-state index contributed by atoms with van der Waals surface area (Å²) < 4.78 is 35.9. The van der Waals surface area contributed by atoms with Crippen LogP contribution in [-0.2, 0) is 4.74 Å². The molecule has 0 aliphatic heterocycles. The van der Waals surface area contributed by atoms with Gasteiger partial charge >= 0.3 is 12.6 Å². The molecule has 138 valence electrons. The van der Waals surface area contributed by atoms with Gasteiger partial charge < -0.3 is 14.0 Å². The van der Waals surface area contributed by atoms with E-state index in [2.05, 4.69) is 9.30 Å². The van der Waals surface area contributed by atoms with Crippen LogP contribution in [0.3, 0.4) is 0 Å². The summed E-state index contributed by atoms with van der Waals surface area (Å²) in [5.41, 5.74) is 2.46. The van der Waals surface area contributed by atoms with E-state index >= 15 is 0 Å². The van der Waals surface area contributed by atoms with Gasteiger partial charge in [-0.2, -0.15) is 8.78 Å². The Labute approximate surface area is 149 Å². The molecule has 1 saturated carbocycles. The van der Waals surface area contributed by atoms with Gasteiger partial charge in [0.15, 0.2) is 6.61 Å². The van der Waals surface area contributed by atoms with Crippen molar-refractivity contribution in [1.29, 1.82) is 0 Å². The van der Waals surface area contributed by atoms with E-state index in [1.165, 1.54) is 18.2 Å². The van der Waals surface area contributed by atoms with Gasteiger partial charge in [-0.3, -0.25) is 4.79 Å². The molecule has 1 aromatic heterocycles. The number of carbonyl (C=O) groups excluding carboxylic acids is 2. The Balaban J connectivity index is 1.64. The third kappa shape index (κ3) is 3.92. The second kappa shape index (κ2) is 7.27. The van der Waals surface area contributed by atoms with E-state index < -0.39 is 19.2 Å². The molecule has 2 aromatic rings. The first-order chi connectivity index (χ1) is 12.4. The third-order valence-corrected chi connectivity index (χ3v) is 4.33. The fourth-order valence-corrected chi connectivity index (χ4v) is 3.05. The molecule has 0 radical (unpaired) electrons. The smallest absolute Gasteiger partial charge is 0.387 e. The van der Waals surface area contributed by atoms with Gasteiger partial charge in [0.25, 0.3) is 0 Å². The van der Waals surface area contributed by atoms with Crippen LogP contribution in [-0.4, -0.2) is 29.5 Å². The number of Topliss-reactive ketones (excluding diaryl/α,β-unsaturated/α-hetero) is 1. The van der Waals surface area contributed by atoms with Crippen molar-refractivity contribution in [3.05, 3.63) is 52.8 Å². The zero-order chi connectivity index (χ0) is 18.8. The largest absolute Gasteiger partial charge is 0.454 e. The molecule has 0 amide bonds. The summed E-state index contributed by atoms with van der Waals surface area (Å²) in [5.74, 6) is -1.21. The van der Waals surface area contributed by atoms with Gasteiger partial charge in [0.05, 0.1) is 5.56 Å². The van der Waals surface area contributed by atoms with Gasteiger partial charge in [0.1, 0.15) is 5.75 Å². The van der Waals surface area contributed by atoms with E-state index in [9.17, 15) is 18.4 Å². The number of benzene rings is 1. The highest BCUT2D eigenvalue weighted by molar-refractivity contribution is 6.00. The molecule has 7 heteroatoms. The maximum absolute atomic E-state index is 12.4. The number of nitrogens with zero attached hydrogens (tertiary/aromatic N) is 1. The van der Waals surface area contributed by atoms with Crippen LogP contribution < -0.4 is 4.74 Å². The number of hydrogen-bond acceptors (Lipinski definition) is 4. The number of alkyl halides is 2. The van der Waals surface area contributed by atoms with Gasteiger partial charge in [-0.05, 0) is 51.0 Å². The number of esters is 1. The van der Waals surface area contributed by atoms with Gasteiger partial charge in [-0.25, -0.2) is 4.79 Å². The molecule has 3 rings (SSSR count). The number of carbonyl (C=O) groups is 2. The molecule has 1 heterocycles. The Kier molecular flexibility index (Phi) is 5.06. The molecular weight excluding hydrogens is 344 g/mol. The topological polar surface area (TPSA) is 57.5 Å². The Hall–Kier alpha value is -2.70. The number of hydrogen-bond donors (Lipinski definition) is 0. The summed E-state index contributed by atoms with van der Waals surface area (Å²) in [6.45, 7) is 0.437. The van der Waals surface area contributed by atoms with Crippen molar-refractivity contribution in [3.8, 4) is 5.75 Å². The van der Waals surface area contributed by atoms with Crippen LogP contribution in [0.25, 0.3) is 0 Å². The highest BCUT2D eigenvalue weighted by atomic mass is 19.3. The van der Waals surface area contributed by atoms with Gasteiger partial charge in [0, 0.05) is 23.0 Å². The molecule has 0 saturated heterocycles. The number of rotatable bonds is 7. The van der Waals surface area contributed by atoms with E-state index in [-0.39, 0.29) is 17.1 Å². The highest BCUT2D eigenvalue weighted by Crippen LogP contribution is 2.38. The number of halogens is 2. The molecule has 5 nitrogen and oxygen atoms in total. The summed E-state index contributed by atoms with van der Waals surface area (Å²) >= 11 is 0. The monoisotopic (exact) mass is 363 g/mol. The molecule has 1 fully saturated rings. The minimum atomic E-state index is -2.98. The molecule has 0 atom stereocenters. The summed E-state index contributed by atoms with van der Waals surface area (Å²) in [6, 6.07) is 7.53. The minimum absolute atomic E-state index is 0.0411. The van der Waals surface area contributed by atoms with Crippen molar-refractivity contribution in [3.63, 3.8) is 0 Å². The van der Waals surface area contributed by atoms with Crippen molar-refractivity contribution in [2.24, 2.45) is 0 Å². The summed E-state index contributed by atoms with van der Waals surface area (Å²) in [6.07, 6.45) is 2.21. The Bertz CT molecular complexity index is 840. The molecule has 1 aliphatic rings. The van der Waals surface area contributed by atoms with Crippen LogP contribution in [0.4, 0.5) is 8.78 Å². The maximum atomic E-state index is 12.4. The van der Waals surface area contributed by atoms with Gasteiger partial charge in [0.2, 0.25) is 5.78 Å². The average molecular weight is 363 g/mol. The Morgan fingerprint density at radius 1 is 1.23 bits per heavy atom. The predicted octanol–water partition coefficient (Wildman–Crippen LogP) is 4.08. The molecule has 1 aliphatic carbocycles. The lowest BCUT2D eigenvalue weighted by molar-refractivity contribution is -0.0499. The quantitative estimate of drug-likeness (QED) is 0.549. The van der Waals surface area contributed by atoms with Gasteiger partial charge in [-0.1, -0.05) is 6.07 Å². The minimum Gasteiger partial charge on any atom is -0.454 e. The molecule has 0 unspecified atom stereocenters. The fourth-order valence-electron chi connectivity index (χ4n) is 3.05. The lowest BCUT2D eigenvalue weighted by Crippen LogP contribution is -2.15.